The van der Waals surface area contributed by atoms with E-state index in [0.717, 1.165) is 6.41 Å². The van der Waals surface area contributed by atoms with Crippen molar-refractivity contribution in [3.8, 4) is 0 Å². The van der Waals surface area contributed by atoms with Crippen LogP contribution in [0.4, 0.5) is 0 Å². The number of alkyl halides is 3. The molecule has 0 bridgehead atoms. The second kappa shape index (κ2) is 9.34. The summed E-state index contributed by atoms with van der Waals surface area (Å²) in [6.45, 7) is 0. The Bertz CT molecular complexity index is 77.3. The molecule has 0 unspecified atom stereocenters. The Hall–Kier alpha value is 0.340. The van der Waals surface area contributed by atoms with Crippen molar-refractivity contribution in [1.29, 1.82) is 0 Å². The van der Waals surface area contributed by atoms with Crippen molar-refractivity contribution >= 4 is 41.2 Å². The molecule has 0 aliphatic carbocycles. The Balaban J connectivity index is 0. The van der Waals surface area contributed by atoms with Gasteiger partial charge in [-0.2, -0.15) is 0 Å². The molecule has 5 heteroatoms. The van der Waals surface area contributed by atoms with Gasteiger partial charge < -0.3 is 4.90 Å². The normalized spacial score (nSPS) is 8.20. The van der Waals surface area contributed by atoms with E-state index in [1.165, 1.54) is 4.90 Å². The quantitative estimate of drug-likeness (QED) is 0.498. The zero-order valence-corrected chi connectivity index (χ0v) is 8.12. The minimum Gasteiger partial charge on any atom is -0.351 e. The molecule has 0 saturated heterocycles. The second-order valence-electron chi connectivity index (χ2n) is 1.61. The average molecular weight is 207 g/mol. The van der Waals surface area contributed by atoms with Crippen molar-refractivity contribution < 1.29 is 4.79 Å². The third-order valence-corrected chi connectivity index (χ3v) is 1.26. The van der Waals surface area contributed by atoms with Gasteiger partial charge in [-0.3, -0.25) is 4.79 Å². The molecule has 62 valence electrons. The molecule has 0 radical (unpaired) electrons. The maximum Gasteiger partial charge on any atom is 0.209 e. The summed E-state index contributed by atoms with van der Waals surface area (Å²) in [7, 11) is 3.38. The van der Waals surface area contributed by atoms with Gasteiger partial charge >= 0.3 is 0 Å². The summed E-state index contributed by atoms with van der Waals surface area (Å²) in [5.74, 6) is 0.309. The van der Waals surface area contributed by atoms with Crippen LogP contribution < -0.4 is 0 Å². The van der Waals surface area contributed by atoms with Crippen LogP contribution in [0.15, 0.2) is 0 Å². The molecule has 0 rings (SSSR count). The summed E-state index contributed by atoms with van der Waals surface area (Å²) in [6, 6.07) is 0. The zero-order chi connectivity index (χ0) is 8.57. The molecule has 0 aliphatic heterocycles. The van der Waals surface area contributed by atoms with Gasteiger partial charge in [-0.25, -0.2) is 0 Å². The van der Waals surface area contributed by atoms with E-state index in [1.54, 1.807) is 14.1 Å². The Morgan fingerprint density at radius 3 is 1.70 bits per heavy atom. The lowest BCUT2D eigenvalue weighted by molar-refractivity contribution is -0.115. The van der Waals surface area contributed by atoms with Gasteiger partial charge in [-0.15, -0.1) is 34.8 Å². The Labute approximate surface area is 76.0 Å². The monoisotopic (exact) mass is 205 g/mol. The highest BCUT2D eigenvalue weighted by atomic mass is 35.5. The molecule has 0 aliphatic rings. The number of rotatable bonds is 2. The molecule has 0 aromatic heterocycles. The highest BCUT2D eigenvalue weighted by Gasteiger charge is 1.88. The minimum absolute atomic E-state index is 0.309. The van der Waals surface area contributed by atoms with Crippen molar-refractivity contribution in [2.24, 2.45) is 0 Å². The number of carbonyl (C=O) groups excluding carboxylic acids is 1. The third-order valence-electron chi connectivity index (χ3n) is 0.327. The van der Waals surface area contributed by atoms with E-state index < -0.39 is 4.84 Å². The lowest BCUT2D eigenvalue weighted by atomic mass is 10.9. The fraction of sp³-hybridized carbons (Fsp3) is 0.800. The first-order valence-corrected chi connectivity index (χ1v) is 3.91. The Morgan fingerprint density at radius 1 is 1.50 bits per heavy atom. The highest BCUT2D eigenvalue weighted by Crippen LogP contribution is 2.01. The Morgan fingerprint density at radius 2 is 1.70 bits per heavy atom. The summed E-state index contributed by atoms with van der Waals surface area (Å²) in [5, 5.41) is 0. The summed E-state index contributed by atoms with van der Waals surface area (Å²) in [6.07, 6.45) is 0.750. The summed E-state index contributed by atoms with van der Waals surface area (Å²) in [5.41, 5.74) is 0. The first-order chi connectivity index (χ1) is 4.54. The predicted molar refractivity (Wildman–Crippen MR) is 46.0 cm³/mol. The van der Waals surface area contributed by atoms with Crippen LogP contribution in [0.5, 0.6) is 0 Å². The van der Waals surface area contributed by atoms with E-state index in [4.69, 9.17) is 34.8 Å². The molecule has 0 atom stereocenters. The predicted octanol–water partition coefficient (Wildman–Crippen LogP) is 1.73. The van der Waals surface area contributed by atoms with E-state index in [-0.39, 0.29) is 0 Å². The van der Waals surface area contributed by atoms with Crippen molar-refractivity contribution in [3.05, 3.63) is 0 Å². The second-order valence-corrected chi connectivity index (χ2v) is 3.20. The number of hydrogen-bond donors (Lipinski definition) is 0. The van der Waals surface area contributed by atoms with Crippen LogP contribution in [0, 0.1) is 0 Å². The topological polar surface area (TPSA) is 20.3 Å². The van der Waals surface area contributed by atoms with Crippen LogP contribution >= 0.6 is 34.8 Å². The summed E-state index contributed by atoms with van der Waals surface area (Å²) in [4.78, 5) is 10.5. The Kier molecular flexibility index (Phi) is 12.1. The molecular formula is C5H10Cl3NO. The van der Waals surface area contributed by atoms with Crippen LogP contribution in [0.25, 0.3) is 0 Å². The van der Waals surface area contributed by atoms with Crippen molar-refractivity contribution in [3.63, 3.8) is 0 Å². The third kappa shape index (κ3) is 23.9. The molecule has 0 fully saturated rings. The molecule has 10 heavy (non-hydrogen) atoms. The van der Waals surface area contributed by atoms with Gasteiger partial charge in [0.1, 0.15) is 4.84 Å². The van der Waals surface area contributed by atoms with Gasteiger partial charge in [0.05, 0.1) is 5.88 Å². The maximum absolute atomic E-state index is 9.43. The molecule has 0 aromatic carbocycles. The smallest absolute Gasteiger partial charge is 0.209 e. The van der Waals surface area contributed by atoms with E-state index >= 15 is 0 Å². The number of hydrogen-bond acceptors (Lipinski definition) is 1. The lowest BCUT2D eigenvalue weighted by Gasteiger charge is -1.93. The molecule has 1 amide bonds. The number of amides is 1. The van der Waals surface area contributed by atoms with Crippen LogP contribution in [-0.4, -0.2) is 36.1 Å². The fourth-order valence-corrected chi connectivity index (χ4v) is 0. The molecule has 0 aromatic rings. The van der Waals surface area contributed by atoms with E-state index in [9.17, 15) is 4.79 Å². The molecule has 0 N–H and O–H groups in total. The van der Waals surface area contributed by atoms with Crippen LogP contribution in [-0.2, 0) is 4.79 Å². The fourth-order valence-electron chi connectivity index (χ4n) is 0. The van der Waals surface area contributed by atoms with Gasteiger partial charge in [0.15, 0.2) is 0 Å². The standard InChI is InChI=1S/C3H7NO.C2H3Cl3/c1-4(2)3-5;3-1-2(4)5/h3H,1-2H3;2H,1H2. The zero-order valence-electron chi connectivity index (χ0n) is 5.85. The molecule has 2 nitrogen and oxygen atoms in total. The molecule has 0 spiro atoms. The van der Waals surface area contributed by atoms with Gasteiger partial charge in [0.2, 0.25) is 6.41 Å². The van der Waals surface area contributed by atoms with Crippen LogP contribution in [0.2, 0.25) is 0 Å². The number of halogens is 3. The van der Waals surface area contributed by atoms with E-state index in [2.05, 4.69) is 0 Å². The maximum atomic E-state index is 9.43. The van der Waals surface area contributed by atoms with Gasteiger partial charge in [-0.05, 0) is 0 Å². The largest absolute Gasteiger partial charge is 0.351 e. The first kappa shape index (κ1) is 13.0. The van der Waals surface area contributed by atoms with E-state index in [0.29, 0.717) is 5.88 Å². The summed E-state index contributed by atoms with van der Waals surface area (Å²) >= 11 is 15.3. The van der Waals surface area contributed by atoms with E-state index in [1.807, 2.05) is 0 Å². The SMILES string of the molecule is CN(C)C=O.ClCC(Cl)Cl. The molecule has 0 heterocycles. The van der Waals surface area contributed by atoms with Crippen molar-refractivity contribution in [2.45, 2.75) is 4.84 Å². The average Bonchev–Trinajstić information content (AvgIpc) is 1.89. The highest BCUT2D eigenvalue weighted by molar-refractivity contribution is 6.47. The first-order valence-electron chi connectivity index (χ1n) is 2.50. The van der Waals surface area contributed by atoms with Crippen LogP contribution in [0.3, 0.4) is 0 Å². The lowest BCUT2D eigenvalue weighted by Crippen LogP contribution is -2.06. The van der Waals surface area contributed by atoms with Gasteiger partial charge in [0.25, 0.3) is 0 Å². The number of carbonyl (C=O) groups is 1. The molecule has 0 saturated carbocycles. The van der Waals surface area contributed by atoms with Crippen molar-refractivity contribution in [2.75, 3.05) is 20.0 Å². The molecular weight excluding hydrogens is 196 g/mol. The number of nitrogens with zero attached hydrogens (tertiary/aromatic N) is 1. The summed E-state index contributed by atoms with van der Waals surface area (Å²) < 4.78 is 0. The van der Waals surface area contributed by atoms with Crippen LogP contribution in [0.1, 0.15) is 0 Å². The minimum atomic E-state index is -0.406. The van der Waals surface area contributed by atoms with Gasteiger partial charge in [0, 0.05) is 14.1 Å². The van der Waals surface area contributed by atoms with Gasteiger partial charge in [-0.1, -0.05) is 0 Å². The van der Waals surface area contributed by atoms with Crippen molar-refractivity contribution in [1.82, 2.24) is 4.90 Å².